The maximum Gasteiger partial charge on any atom is 0.407 e. The van der Waals surface area contributed by atoms with Crippen LogP contribution in [0.4, 0.5) is 4.79 Å². The molecule has 2 aliphatic rings. The quantitative estimate of drug-likeness (QED) is 0.795. The Morgan fingerprint density at radius 1 is 1.13 bits per heavy atom. The molecule has 0 bridgehead atoms. The number of alkyl carbamates (subject to hydrolysis) is 1. The number of amides is 1. The average Bonchev–Trinajstić information content (AvgIpc) is 3.08. The largest absolute Gasteiger partial charge is 0.449 e. The SMILES string of the molecule is CN=S1(=O)CCN(C[C@H](C)NC(=O)OCC2c3ccccc3-c3ccccc32)CC1. The van der Waals surface area contributed by atoms with Gasteiger partial charge in [-0.25, -0.2) is 13.4 Å². The highest BCUT2D eigenvalue weighted by Crippen LogP contribution is 2.44. The second-order valence-corrected chi connectivity index (χ2v) is 10.8. The van der Waals surface area contributed by atoms with E-state index in [0.717, 1.165) is 13.1 Å². The molecule has 0 spiro atoms. The standard InChI is InChI=1S/C23H29N3O3S/c1-17(15-26-11-13-30(28,24-2)14-12-26)25-23(27)29-16-22-20-9-5-3-7-18(20)19-8-4-6-10-21(19)22/h3-10,17,22H,11-16H2,1-2H3,(H,25,27)/t17-/m0/s1. The lowest BCUT2D eigenvalue weighted by Gasteiger charge is -2.30. The molecule has 0 saturated carbocycles. The first-order valence-electron chi connectivity index (χ1n) is 10.4. The van der Waals surface area contributed by atoms with E-state index in [-0.39, 0.29) is 12.0 Å². The smallest absolute Gasteiger partial charge is 0.407 e. The first kappa shape index (κ1) is 20.9. The molecule has 1 aliphatic carbocycles. The van der Waals surface area contributed by atoms with E-state index in [2.05, 4.69) is 38.8 Å². The Bertz CT molecular complexity index is 986. The molecule has 1 atom stereocenters. The third-order valence-corrected chi connectivity index (χ3v) is 8.33. The van der Waals surface area contributed by atoms with Crippen molar-refractivity contribution < 1.29 is 13.7 Å². The first-order chi connectivity index (χ1) is 14.5. The van der Waals surface area contributed by atoms with Crippen LogP contribution >= 0.6 is 0 Å². The van der Waals surface area contributed by atoms with Crippen molar-refractivity contribution >= 4 is 15.8 Å². The number of ether oxygens (including phenoxy) is 1. The van der Waals surface area contributed by atoms with Gasteiger partial charge in [0.2, 0.25) is 0 Å². The summed E-state index contributed by atoms with van der Waals surface area (Å²) in [6, 6.07) is 16.6. The molecule has 1 saturated heterocycles. The predicted octanol–water partition coefficient (Wildman–Crippen LogP) is 3.33. The van der Waals surface area contributed by atoms with Crippen LogP contribution in [0.5, 0.6) is 0 Å². The van der Waals surface area contributed by atoms with Crippen molar-refractivity contribution in [1.82, 2.24) is 10.2 Å². The summed E-state index contributed by atoms with van der Waals surface area (Å²) in [5.41, 5.74) is 4.85. The van der Waals surface area contributed by atoms with Crippen LogP contribution in [0, 0.1) is 0 Å². The van der Waals surface area contributed by atoms with Crippen molar-refractivity contribution in [1.29, 1.82) is 0 Å². The molecule has 0 unspecified atom stereocenters. The van der Waals surface area contributed by atoms with Crippen LogP contribution in [-0.2, 0) is 14.5 Å². The third kappa shape index (κ3) is 4.37. The van der Waals surface area contributed by atoms with E-state index in [9.17, 15) is 9.00 Å². The summed E-state index contributed by atoms with van der Waals surface area (Å²) in [6.07, 6.45) is -0.395. The molecule has 0 aromatic heterocycles. The lowest BCUT2D eigenvalue weighted by molar-refractivity contribution is 0.136. The molecule has 1 aliphatic heterocycles. The van der Waals surface area contributed by atoms with E-state index in [1.807, 2.05) is 31.2 Å². The van der Waals surface area contributed by atoms with Crippen LogP contribution in [0.3, 0.4) is 0 Å². The van der Waals surface area contributed by atoms with Gasteiger partial charge in [0.05, 0.1) is 0 Å². The van der Waals surface area contributed by atoms with Crippen LogP contribution in [0.2, 0.25) is 0 Å². The molecule has 1 heterocycles. The third-order valence-electron chi connectivity index (χ3n) is 6.03. The second-order valence-electron chi connectivity index (χ2n) is 8.03. The Hall–Kier alpha value is -2.38. The van der Waals surface area contributed by atoms with Crippen molar-refractivity contribution in [3.8, 4) is 11.1 Å². The molecular weight excluding hydrogens is 398 g/mol. The maximum atomic E-state index is 12.4. The minimum Gasteiger partial charge on any atom is -0.449 e. The lowest BCUT2D eigenvalue weighted by atomic mass is 9.98. The Kier molecular flexibility index (Phi) is 6.11. The van der Waals surface area contributed by atoms with E-state index in [1.54, 1.807) is 7.05 Å². The highest BCUT2D eigenvalue weighted by Gasteiger charge is 2.29. The summed E-state index contributed by atoms with van der Waals surface area (Å²) < 4.78 is 22.0. The minimum atomic E-state index is -2.02. The van der Waals surface area contributed by atoms with Gasteiger partial charge in [-0.1, -0.05) is 48.5 Å². The number of hydrogen-bond acceptors (Lipinski definition) is 5. The number of nitrogens with zero attached hydrogens (tertiary/aromatic N) is 2. The van der Waals surface area contributed by atoms with Gasteiger partial charge in [0.15, 0.2) is 0 Å². The number of fused-ring (bicyclic) bond motifs is 3. The molecule has 2 aromatic rings. The molecule has 4 rings (SSSR count). The average molecular weight is 428 g/mol. The zero-order valence-corrected chi connectivity index (χ0v) is 18.4. The Balaban J connectivity index is 1.31. The van der Waals surface area contributed by atoms with Gasteiger partial charge in [-0.05, 0) is 29.2 Å². The molecule has 30 heavy (non-hydrogen) atoms. The molecular formula is C23H29N3O3S. The monoisotopic (exact) mass is 427 g/mol. The van der Waals surface area contributed by atoms with Crippen LogP contribution < -0.4 is 5.32 Å². The summed E-state index contributed by atoms with van der Waals surface area (Å²) in [4.78, 5) is 14.6. The second kappa shape index (κ2) is 8.78. The number of nitrogens with one attached hydrogen (secondary N) is 1. The highest BCUT2D eigenvalue weighted by molar-refractivity contribution is 7.93. The van der Waals surface area contributed by atoms with Gasteiger partial charge in [0, 0.05) is 59.9 Å². The molecule has 0 radical (unpaired) electrons. The molecule has 7 heteroatoms. The zero-order valence-electron chi connectivity index (χ0n) is 17.5. The van der Waals surface area contributed by atoms with Gasteiger partial charge >= 0.3 is 6.09 Å². The fraction of sp³-hybridized carbons (Fsp3) is 0.435. The lowest BCUT2D eigenvalue weighted by Crippen LogP contribution is -2.47. The highest BCUT2D eigenvalue weighted by atomic mass is 32.2. The van der Waals surface area contributed by atoms with Crippen molar-refractivity contribution in [2.24, 2.45) is 4.36 Å². The predicted molar refractivity (Wildman–Crippen MR) is 120 cm³/mol. The summed E-state index contributed by atoms with van der Waals surface area (Å²) >= 11 is 0. The molecule has 6 nitrogen and oxygen atoms in total. The van der Waals surface area contributed by atoms with Gasteiger partial charge < -0.3 is 10.1 Å². The van der Waals surface area contributed by atoms with E-state index in [0.29, 0.717) is 24.7 Å². The molecule has 1 N–H and O–H groups in total. The van der Waals surface area contributed by atoms with Gasteiger partial charge in [0.1, 0.15) is 6.61 Å². The Morgan fingerprint density at radius 2 is 1.70 bits per heavy atom. The van der Waals surface area contributed by atoms with E-state index in [1.165, 1.54) is 22.3 Å². The fourth-order valence-corrected chi connectivity index (χ4v) is 6.05. The summed E-state index contributed by atoms with van der Waals surface area (Å²) in [7, 11) is -0.377. The molecule has 2 aromatic carbocycles. The number of carbonyl (C=O) groups is 1. The van der Waals surface area contributed by atoms with Gasteiger partial charge in [-0.2, -0.15) is 0 Å². The number of rotatable bonds is 5. The number of carbonyl (C=O) groups excluding carboxylic acids is 1. The van der Waals surface area contributed by atoms with Gasteiger partial charge in [0.25, 0.3) is 0 Å². The van der Waals surface area contributed by atoms with Crippen molar-refractivity contribution in [2.45, 2.75) is 18.9 Å². The first-order valence-corrected chi connectivity index (χ1v) is 12.3. The topological polar surface area (TPSA) is 71.0 Å². The van der Waals surface area contributed by atoms with Crippen LogP contribution in [-0.4, -0.2) is 66.0 Å². The van der Waals surface area contributed by atoms with Gasteiger partial charge in [-0.15, -0.1) is 0 Å². The Morgan fingerprint density at radius 3 is 2.27 bits per heavy atom. The molecule has 1 amide bonds. The van der Waals surface area contributed by atoms with Crippen molar-refractivity contribution in [3.05, 3.63) is 59.7 Å². The van der Waals surface area contributed by atoms with Crippen LogP contribution in [0.25, 0.3) is 11.1 Å². The summed E-state index contributed by atoms with van der Waals surface area (Å²) in [6.45, 7) is 4.48. The van der Waals surface area contributed by atoms with E-state index < -0.39 is 15.8 Å². The summed E-state index contributed by atoms with van der Waals surface area (Å²) in [5, 5.41) is 2.94. The van der Waals surface area contributed by atoms with Crippen LogP contribution in [0.1, 0.15) is 24.0 Å². The van der Waals surface area contributed by atoms with Gasteiger partial charge in [-0.3, -0.25) is 4.90 Å². The fourth-order valence-electron chi connectivity index (χ4n) is 4.40. The minimum absolute atomic E-state index is 0.0478. The van der Waals surface area contributed by atoms with E-state index >= 15 is 0 Å². The number of benzene rings is 2. The van der Waals surface area contributed by atoms with Crippen LogP contribution in [0.15, 0.2) is 52.9 Å². The van der Waals surface area contributed by atoms with Crippen molar-refractivity contribution in [3.63, 3.8) is 0 Å². The molecule has 1 fully saturated rings. The van der Waals surface area contributed by atoms with E-state index in [4.69, 9.17) is 4.74 Å². The van der Waals surface area contributed by atoms with Crippen molar-refractivity contribution in [2.75, 3.05) is 44.8 Å². The molecule has 160 valence electrons. The zero-order chi connectivity index (χ0) is 21.1. The normalized spacial score (nSPS) is 18.9. The Labute approximate surface area is 178 Å². The maximum absolute atomic E-state index is 12.4. The number of hydrogen-bond donors (Lipinski definition) is 1. The summed E-state index contributed by atoms with van der Waals surface area (Å²) in [5.74, 6) is 1.26.